The van der Waals surface area contributed by atoms with Gasteiger partial charge in [-0.05, 0) is 16.8 Å². The molecule has 7 heteroatoms. The molecule has 3 rings (SSSR count). The maximum atomic E-state index is 12.3. The first-order chi connectivity index (χ1) is 15.2. The molecule has 0 aromatic heterocycles. The van der Waals surface area contributed by atoms with E-state index in [0.29, 0.717) is 32.1 Å². The van der Waals surface area contributed by atoms with Crippen LogP contribution in [0.25, 0.3) is 21.5 Å². The van der Waals surface area contributed by atoms with Gasteiger partial charge in [-0.3, -0.25) is 0 Å². The normalized spacial score (nSPS) is 10.7. The van der Waals surface area contributed by atoms with Gasteiger partial charge in [0, 0.05) is 23.4 Å². The van der Waals surface area contributed by atoms with Crippen LogP contribution in [0.15, 0.2) is 67.3 Å². The summed E-state index contributed by atoms with van der Waals surface area (Å²) in [5.74, 6) is 0.0620. The third-order valence-electron chi connectivity index (χ3n) is 4.44. The molecule has 162 valence electrons. The fraction of sp³-hybridized carbons (Fsp3) is 0.250. The van der Waals surface area contributed by atoms with E-state index in [2.05, 4.69) is 18.0 Å². The summed E-state index contributed by atoms with van der Waals surface area (Å²) in [7, 11) is 0. The molecule has 0 fully saturated rings. The lowest BCUT2D eigenvalue weighted by Gasteiger charge is -2.12. The van der Waals surface area contributed by atoms with Crippen molar-refractivity contribution >= 4 is 33.6 Å². The maximum absolute atomic E-state index is 12.3. The van der Waals surface area contributed by atoms with E-state index in [1.165, 1.54) is 0 Å². The van der Waals surface area contributed by atoms with Crippen molar-refractivity contribution < 1.29 is 28.5 Å². The third-order valence-corrected chi connectivity index (χ3v) is 4.44. The zero-order chi connectivity index (χ0) is 21.9. The van der Waals surface area contributed by atoms with Crippen LogP contribution < -0.4 is 10.1 Å². The molecular formula is C24H25NO6. The molecule has 0 saturated heterocycles. The molecule has 1 amide bonds. The van der Waals surface area contributed by atoms with E-state index in [1.807, 2.05) is 48.5 Å². The van der Waals surface area contributed by atoms with Crippen LogP contribution in [0.4, 0.5) is 4.79 Å². The SMILES string of the molecule is C=CC(=O)OCCOCCOCCNC(=O)Oc1c2ccccc2cc2ccccc12. The number of hydrogen-bond donors (Lipinski definition) is 1. The number of carbonyl (C=O) groups is 2. The Hall–Kier alpha value is -3.42. The zero-order valence-electron chi connectivity index (χ0n) is 17.2. The Morgan fingerprint density at radius 1 is 0.839 bits per heavy atom. The van der Waals surface area contributed by atoms with E-state index >= 15 is 0 Å². The van der Waals surface area contributed by atoms with Crippen LogP contribution in [0.5, 0.6) is 5.75 Å². The van der Waals surface area contributed by atoms with Crippen molar-refractivity contribution in [2.24, 2.45) is 0 Å². The van der Waals surface area contributed by atoms with E-state index in [4.69, 9.17) is 18.9 Å². The van der Waals surface area contributed by atoms with Gasteiger partial charge in [0.05, 0.1) is 26.4 Å². The molecule has 0 atom stereocenters. The molecule has 0 unspecified atom stereocenters. The van der Waals surface area contributed by atoms with Crippen molar-refractivity contribution in [1.29, 1.82) is 0 Å². The Morgan fingerprint density at radius 3 is 2.06 bits per heavy atom. The van der Waals surface area contributed by atoms with Gasteiger partial charge in [0.15, 0.2) is 0 Å². The first-order valence-corrected chi connectivity index (χ1v) is 10.00. The summed E-state index contributed by atoms with van der Waals surface area (Å²) in [6.07, 6.45) is 0.564. The van der Waals surface area contributed by atoms with Gasteiger partial charge in [-0.2, -0.15) is 0 Å². The molecule has 0 aliphatic carbocycles. The first kappa shape index (κ1) is 22.3. The number of amides is 1. The molecule has 0 radical (unpaired) electrons. The number of carbonyl (C=O) groups excluding carboxylic acids is 2. The van der Waals surface area contributed by atoms with E-state index in [-0.39, 0.29) is 13.2 Å². The Morgan fingerprint density at radius 2 is 1.42 bits per heavy atom. The van der Waals surface area contributed by atoms with Crippen LogP contribution in [0.2, 0.25) is 0 Å². The highest BCUT2D eigenvalue weighted by Crippen LogP contribution is 2.34. The molecular weight excluding hydrogens is 398 g/mol. The third kappa shape index (κ3) is 6.53. The molecule has 3 aromatic carbocycles. The van der Waals surface area contributed by atoms with Crippen LogP contribution >= 0.6 is 0 Å². The molecule has 1 N–H and O–H groups in total. The minimum absolute atomic E-state index is 0.168. The summed E-state index contributed by atoms with van der Waals surface area (Å²) in [5, 5.41) is 6.47. The predicted octanol–water partition coefficient (Wildman–Crippen LogP) is 3.84. The summed E-state index contributed by atoms with van der Waals surface area (Å²) < 4.78 is 21.1. The summed E-state index contributed by atoms with van der Waals surface area (Å²) in [6.45, 7) is 5.10. The minimum Gasteiger partial charge on any atom is -0.460 e. The number of nitrogens with one attached hydrogen (secondary N) is 1. The molecule has 0 aliphatic heterocycles. The van der Waals surface area contributed by atoms with Crippen molar-refractivity contribution in [3.05, 3.63) is 67.3 Å². The van der Waals surface area contributed by atoms with Crippen LogP contribution in [0.1, 0.15) is 0 Å². The number of ether oxygens (including phenoxy) is 4. The quantitative estimate of drug-likeness (QED) is 0.218. The van der Waals surface area contributed by atoms with E-state index < -0.39 is 12.1 Å². The van der Waals surface area contributed by atoms with Gasteiger partial charge in [-0.1, -0.05) is 55.1 Å². The second-order valence-corrected chi connectivity index (χ2v) is 6.56. The average Bonchev–Trinajstić information content (AvgIpc) is 2.79. The Bertz CT molecular complexity index is 995. The standard InChI is InChI=1S/C24H25NO6/c1-2-22(26)30-16-15-29-14-13-28-12-11-25-24(27)31-23-20-9-5-3-7-18(20)17-19-8-4-6-10-21(19)23/h2-10,17H,1,11-16H2,(H,25,27). The van der Waals surface area contributed by atoms with Gasteiger partial charge < -0.3 is 24.3 Å². The van der Waals surface area contributed by atoms with Gasteiger partial charge in [0.1, 0.15) is 12.4 Å². The number of fused-ring (bicyclic) bond motifs is 2. The molecule has 7 nitrogen and oxygen atoms in total. The number of rotatable bonds is 11. The largest absolute Gasteiger partial charge is 0.460 e. The topological polar surface area (TPSA) is 83.1 Å². The Balaban J connectivity index is 1.41. The monoisotopic (exact) mass is 423 g/mol. The second kappa shape index (κ2) is 11.7. The van der Waals surface area contributed by atoms with Gasteiger partial charge in [-0.15, -0.1) is 0 Å². The number of hydrogen-bond acceptors (Lipinski definition) is 6. The second-order valence-electron chi connectivity index (χ2n) is 6.56. The molecule has 3 aromatic rings. The van der Waals surface area contributed by atoms with E-state index in [1.54, 1.807) is 0 Å². The summed E-state index contributed by atoms with van der Waals surface area (Å²) in [5.41, 5.74) is 0. The average molecular weight is 423 g/mol. The molecule has 0 aliphatic rings. The van der Waals surface area contributed by atoms with Crippen molar-refractivity contribution in [3.63, 3.8) is 0 Å². The van der Waals surface area contributed by atoms with Crippen molar-refractivity contribution in [2.45, 2.75) is 0 Å². The lowest BCUT2D eigenvalue weighted by Crippen LogP contribution is -2.30. The molecule has 0 heterocycles. The molecule has 0 spiro atoms. The zero-order valence-corrected chi connectivity index (χ0v) is 17.2. The van der Waals surface area contributed by atoms with E-state index in [9.17, 15) is 9.59 Å². The molecule has 0 saturated carbocycles. The smallest absolute Gasteiger partial charge is 0.412 e. The van der Waals surface area contributed by atoms with Gasteiger partial charge in [-0.25, -0.2) is 9.59 Å². The van der Waals surface area contributed by atoms with Crippen LogP contribution in [-0.2, 0) is 19.0 Å². The highest BCUT2D eigenvalue weighted by atomic mass is 16.6. The highest BCUT2D eigenvalue weighted by Gasteiger charge is 2.12. The predicted molar refractivity (Wildman–Crippen MR) is 118 cm³/mol. The maximum Gasteiger partial charge on any atom is 0.412 e. The first-order valence-electron chi connectivity index (χ1n) is 10.00. The van der Waals surface area contributed by atoms with Crippen molar-refractivity contribution in [2.75, 3.05) is 39.6 Å². The Labute approximate surface area is 180 Å². The van der Waals surface area contributed by atoms with Crippen molar-refractivity contribution in [1.82, 2.24) is 5.32 Å². The van der Waals surface area contributed by atoms with Gasteiger partial charge in [0.2, 0.25) is 0 Å². The van der Waals surface area contributed by atoms with Crippen LogP contribution in [-0.4, -0.2) is 51.6 Å². The van der Waals surface area contributed by atoms with Crippen molar-refractivity contribution in [3.8, 4) is 5.75 Å². The minimum atomic E-state index is -0.537. The molecule has 31 heavy (non-hydrogen) atoms. The van der Waals surface area contributed by atoms with E-state index in [0.717, 1.165) is 27.6 Å². The van der Waals surface area contributed by atoms with Crippen LogP contribution in [0, 0.1) is 0 Å². The lowest BCUT2D eigenvalue weighted by molar-refractivity contribution is -0.139. The van der Waals surface area contributed by atoms with Gasteiger partial charge in [0.25, 0.3) is 0 Å². The highest BCUT2D eigenvalue weighted by molar-refractivity contribution is 6.06. The lowest BCUT2D eigenvalue weighted by atomic mass is 10.0. The number of esters is 1. The number of benzene rings is 3. The summed E-state index contributed by atoms with van der Waals surface area (Å²) in [6, 6.07) is 17.7. The fourth-order valence-corrected chi connectivity index (χ4v) is 3.02. The summed E-state index contributed by atoms with van der Waals surface area (Å²) in [4.78, 5) is 23.2. The summed E-state index contributed by atoms with van der Waals surface area (Å²) >= 11 is 0. The Kier molecular flexibility index (Phi) is 8.39. The fourth-order valence-electron chi connectivity index (χ4n) is 3.02. The van der Waals surface area contributed by atoms with Crippen LogP contribution in [0.3, 0.4) is 0 Å². The van der Waals surface area contributed by atoms with Gasteiger partial charge >= 0.3 is 12.1 Å². The molecule has 0 bridgehead atoms.